The second-order valence-corrected chi connectivity index (χ2v) is 6.53. The van der Waals surface area contributed by atoms with Crippen LogP contribution in [-0.4, -0.2) is 37.2 Å². The van der Waals surface area contributed by atoms with Crippen LogP contribution < -0.4 is 10.5 Å². The standard InChI is InChI=1S/C19H19NO6/c21-17-8-7-14(19(23)25-11-12-4-3-9-24-12)20(17)15-10-18(22)26-16-6-2-1-5-13(15)16/h1-2,5-6,10,12,14H,3-4,7-9,11H2/t12-,14+/m1/s1. The van der Waals surface area contributed by atoms with Crippen molar-refractivity contribution in [2.24, 2.45) is 0 Å². The van der Waals surface area contributed by atoms with Crippen LogP contribution in [0.1, 0.15) is 25.7 Å². The highest BCUT2D eigenvalue weighted by molar-refractivity contribution is 6.07. The fraction of sp³-hybridized carbons (Fsp3) is 0.421. The molecule has 0 N–H and O–H groups in total. The molecule has 4 rings (SSSR count). The Morgan fingerprint density at radius 1 is 1.23 bits per heavy atom. The van der Waals surface area contributed by atoms with Crippen LogP contribution in [0, 0.1) is 0 Å². The minimum atomic E-state index is -0.742. The van der Waals surface area contributed by atoms with Gasteiger partial charge in [-0.3, -0.25) is 9.69 Å². The molecule has 0 radical (unpaired) electrons. The van der Waals surface area contributed by atoms with Crippen molar-refractivity contribution in [3.63, 3.8) is 0 Å². The highest BCUT2D eigenvalue weighted by Gasteiger charge is 2.39. The number of nitrogens with zero attached hydrogens (tertiary/aromatic N) is 1. The molecule has 2 aromatic rings. The third-order valence-electron chi connectivity index (χ3n) is 4.81. The smallest absolute Gasteiger partial charge is 0.338 e. The number of esters is 1. The van der Waals surface area contributed by atoms with Gasteiger partial charge in [0, 0.05) is 24.5 Å². The lowest BCUT2D eigenvalue weighted by atomic mass is 10.1. The molecule has 0 spiro atoms. The summed E-state index contributed by atoms with van der Waals surface area (Å²) in [7, 11) is 0. The summed E-state index contributed by atoms with van der Waals surface area (Å²) in [4.78, 5) is 38.3. The van der Waals surface area contributed by atoms with E-state index in [1.807, 2.05) is 0 Å². The Morgan fingerprint density at radius 2 is 2.08 bits per heavy atom. The number of fused-ring (bicyclic) bond motifs is 1. The molecule has 2 fully saturated rings. The predicted molar refractivity (Wildman–Crippen MR) is 92.9 cm³/mol. The predicted octanol–water partition coefficient (Wildman–Crippen LogP) is 2.01. The summed E-state index contributed by atoms with van der Waals surface area (Å²) in [5.74, 6) is -0.677. The molecule has 1 aromatic heterocycles. The summed E-state index contributed by atoms with van der Waals surface area (Å²) in [5, 5.41) is 0.610. The highest BCUT2D eigenvalue weighted by Crippen LogP contribution is 2.32. The topological polar surface area (TPSA) is 86.0 Å². The minimum absolute atomic E-state index is 0.0749. The monoisotopic (exact) mass is 357 g/mol. The van der Waals surface area contributed by atoms with E-state index >= 15 is 0 Å². The molecule has 2 aliphatic heterocycles. The normalized spacial score (nSPS) is 22.9. The third kappa shape index (κ3) is 3.10. The molecule has 2 atom stereocenters. The first-order valence-electron chi connectivity index (χ1n) is 8.76. The first-order valence-corrected chi connectivity index (χ1v) is 8.76. The van der Waals surface area contributed by atoms with Gasteiger partial charge in [0.25, 0.3) is 0 Å². The maximum atomic E-state index is 12.6. The number of hydrogen-bond acceptors (Lipinski definition) is 6. The Hall–Kier alpha value is -2.67. The number of carbonyl (C=O) groups excluding carboxylic acids is 2. The van der Waals surface area contributed by atoms with Crippen molar-refractivity contribution in [3.8, 4) is 0 Å². The zero-order valence-corrected chi connectivity index (χ0v) is 14.2. The van der Waals surface area contributed by atoms with E-state index < -0.39 is 17.6 Å². The quantitative estimate of drug-likeness (QED) is 0.615. The number of benzene rings is 1. The van der Waals surface area contributed by atoms with Gasteiger partial charge < -0.3 is 13.9 Å². The van der Waals surface area contributed by atoms with Crippen molar-refractivity contribution in [1.82, 2.24) is 0 Å². The van der Waals surface area contributed by atoms with Gasteiger partial charge in [0.2, 0.25) is 5.91 Å². The van der Waals surface area contributed by atoms with Crippen molar-refractivity contribution >= 4 is 28.5 Å². The maximum Gasteiger partial charge on any atom is 0.338 e. The molecular formula is C19H19NO6. The summed E-state index contributed by atoms with van der Waals surface area (Å²) in [6.07, 6.45) is 2.34. The summed E-state index contributed by atoms with van der Waals surface area (Å²) < 4.78 is 16.0. The van der Waals surface area contributed by atoms with Crippen LogP contribution in [0.15, 0.2) is 39.5 Å². The lowest BCUT2D eigenvalue weighted by Gasteiger charge is -2.24. The average Bonchev–Trinajstić information content (AvgIpc) is 3.28. The number of amides is 1. The molecule has 3 heterocycles. The molecule has 7 heteroatoms. The number of ether oxygens (including phenoxy) is 2. The number of para-hydroxylation sites is 1. The number of rotatable bonds is 4. The molecule has 0 aliphatic carbocycles. The molecule has 1 amide bonds. The highest BCUT2D eigenvalue weighted by atomic mass is 16.6. The second-order valence-electron chi connectivity index (χ2n) is 6.53. The minimum Gasteiger partial charge on any atom is -0.461 e. The van der Waals surface area contributed by atoms with Gasteiger partial charge >= 0.3 is 11.6 Å². The van der Waals surface area contributed by atoms with Gasteiger partial charge in [-0.15, -0.1) is 0 Å². The molecular weight excluding hydrogens is 338 g/mol. The van der Waals surface area contributed by atoms with Crippen LogP contribution in [-0.2, 0) is 19.1 Å². The number of hydrogen-bond donors (Lipinski definition) is 0. The van der Waals surface area contributed by atoms with E-state index in [1.165, 1.54) is 11.0 Å². The first-order chi connectivity index (χ1) is 12.6. The van der Waals surface area contributed by atoms with E-state index in [0.717, 1.165) is 12.8 Å². The Bertz CT molecular complexity index is 898. The average molecular weight is 357 g/mol. The van der Waals surface area contributed by atoms with Crippen molar-refractivity contribution in [1.29, 1.82) is 0 Å². The molecule has 2 saturated heterocycles. The van der Waals surface area contributed by atoms with E-state index in [4.69, 9.17) is 13.9 Å². The summed E-state index contributed by atoms with van der Waals surface area (Å²) in [6.45, 7) is 0.872. The van der Waals surface area contributed by atoms with Gasteiger partial charge in [-0.1, -0.05) is 12.1 Å². The van der Waals surface area contributed by atoms with Crippen LogP contribution in [0.25, 0.3) is 11.0 Å². The van der Waals surface area contributed by atoms with Gasteiger partial charge in [-0.2, -0.15) is 0 Å². The summed E-state index contributed by atoms with van der Waals surface area (Å²) >= 11 is 0. The van der Waals surface area contributed by atoms with Crippen molar-refractivity contribution < 1.29 is 23.5 Å². The van der Waals surface area contributed by atoms with Crippen molar-refractivity contribution in [2.45, 2.75) is 37.8 Å². The molecule has 26 heavy (non-hydrogen) atoms. The summed E-state index contributed by atoms with van der Waals surface area (Å²) in [6, 6.07) is 7.46. The second kappa shape index (κ2) is 6.92. The maximum absolute atomic E-state index is 12.6. The van der Waals surface area contributed by atoms with Gasteiger partial charge in [0.15, 0.2) is 0 Å². The zero-order valence-electron chi connectivity index (χ0n) is 14.2. The van der Waals surface area contributed by atoms with E-state index in [2.05, 4.69) is 0 Å². The first kappa shape index (κ1) is 16.8. The largest absolute Gasteiger partial charge is 0.461 e. The Labute approximate surface area is 149 Å². The molecule has 1 aromatic carbocycles. The number of anilines is 1. The molecule has 7 nitrogen and oxygen atoms in total. The fourth-order valence-corrected chi connectivity index (χ4v) is 3.55. The molecule has 2 aliphatic rings. The van der Waals surface area contributed by atoms with Crippen LogP contribution in [0.5, 0.6) is 0 Å². The van der Waals surface area contributed by atoms with Crippen molar-refractivity contribution in [3.05, 3.63) is 40.8 Å². The van der Waals surface area contributed by atoms with E-state index in [1.54, 1.807) is 24.3 Å². The molecule has 0 bridgehead atoms. The third-order valence-corrected chi connectivity index (χ3v) is 4.81. The van der Waals surface area contributed by atoms with Crippen LogP contribution in [0.2, 0.25) is 0 Å². The Morgan fingerprint density at radius 3 is 2.88 bits per heavy atom. The van der Waals surface area contributed by atoms with E-state index in [-0.39, 0.29) is 25.0 Å². The number of carbonyl (C=O) groups is 2. The molecule has 136 valence electrons. The lowest BCUT2D eigenvalue weighted by Crippen LogP contribution is -2.41. The Balaban J connectivity index is 1.62. The van der Waals surface area contributed by atoms with Crippen LogP contribution in [0.3, 0.4) is 0 Å². The van der Waals surface area contributed by atoms with E-state index in [0.29, 0.717) is 29.7 Å². The van der Waals surface area contributed by atoms with Crippen LogP contribution in [0.4, 0.5) is 5.69 Å². The fourth-order valence-electron chi connectivity index (χ4n) is 3.55. The summed E-state index contributed by atoms with van der Waals surface area (Å²) in [5.41, 5.74) is 0.199. The van der Waals surface area contributed by atoms with Gasteiger partial charge in [0.05, 0.1) is 11.8 Å². The van der Waals surface area contributed by atoms with Gasteiger partial charge in [0.1, 0.15) is 18.2 Å². The molecule has 0 unspecified atom stereocenters. The van der Waals surface area contributed by atoms with Crippen LogP contribution >= 0.6 is 0 Å². The van der Waals surface area contributed by atoms with E-state index in [9.17, 15) is 14.4 Å². The van der Waals surface area contributed by atoms with Crippen molar-refractivity contribution in [2.75, 3.05) is 18.1 Å². The SMILES string of the molecule is O=C(OC[C@H]1CCCO1)[C@@H]1CCC(=O)N1c1cc(=O)oc2ccccc12. The lowest BCUT2D eigenvalue weighted by molar-refractivity contribution is -0.148. The van der Waals surface area contributed by atoms with Gasteiger partial charge in [-0.05, 0) is 31.4 Å². The Kier molecular flexibility index (Phi) is 4.46. The zero-order chi connectivity index (χ0) is 18.1. The molecule has 0 saturated carbocycles. The van der Waals surface area contributed by atoms with Gasteiger partial charge in [-0.25, -0.2) is 9.59 Å².